The SMILES string of the molecule is CC(C)Cc1nc(C2CCCCN2C)oc1C(=O)CNC(=O)C(CC(C)(C)C)NC(=O)N1CCOCC1. The van der Waals surface area contributed by atoms with Crippen LogP contribution in [-0.4, -0.2) is 85.0 Å². The van der Waals surface area contributed by atoms with Gasteiger partial charge < -0.3 is 24.7 Å². The minimum absolute atomic E-state index is 0.0577. The van der Waals surface area contributed by atoms with Gasteiger partial charge in [-0.2, -0.15) is 0 Å². The maximum absolute atomic E-state index is 13.2. The first-order chi connectivity index (χ1) is 17.4. The molecule has 2 fully saturated rings. The summed E-state index contributed by atoms with van der Waals surface area (Å²) in [5.41, 5.74) is 0.440. The number of likely N-dealkylation sites (tertiary alicyclic amines) is 1. The molecule has 10 nitrogen and oxygen atoms in total. The van der Waals surface area contributed by atoms with Crippen molar-refractivity contribution in [2.75, 3.05) is 46.4 Å². The second-order valence-corrected chi connectivity index (χ2v) is 11.9. The van der Waals surface area contributed by atoms with Crippen LogP contribution in [0.3, 0.4) is 0 Å². The average Bonchev–Trinajstić information content (AvgIpc) is 3.24. The molecule has 208 valence electrons. The van der Waals surface area contributed by atoms with Gasteiger partial charge in [-0.15, -0.1) is 0 Å². The van der Waals surface area contributed by atoms with Gasteiger partial charge in [0.05, 0.1) is 31.5 Å². The Bertz CT molecular complexity index is 932. The fraction of sp³-hybridized carbons (Fsp3) is 0.778. The Hall–Kier alpha value is -2.46. The van der Waals surface area contributed by atoms with Gasteiger partial charge in [-0.05, 0) is 50.6 Å². The Labute approximate surface area is 220 Å². The number of Topliss-reactive ketones (excluding diaryl/α,β-unsaturated/α-hetero) is 1. The number of urea groups is 1. The van der Waals surface area contributed by atoms with Crippen LogP contribution in [-0.2, 0) is 16.0 Å². The van der Waals surface area contributed by atoms with Gasteiger partial charge in [-0.1, -0.05) is 41.0 Å². The van der Waals surface area contributed by atoms with Gasteiger partial charge in [0.2, 0.25) is 17.6 Å². The zero-order valence-corrected chi connectivity index (χ0v) is 23.4. The van der Waals surface area contributed by atoms with Gasteiger partial charge >= 0.3 is 6.03 Å². The van der Waals surface area contributed by atoms with E-state index in [1.165, 1.54) is 0 Å². The summed E-state index contributed by atoms with van der Waals surface area (Å²) >= 11 is 0. The van der Waals surface area contributed by atoms with Gasteiger partial charge in [-0.25, -0.2) is 9.78 Å². The molecular formula is C27H45N5O5. The fourth-order valence-electron chi connectivity index (χ4n) is 4.84. The topological polar surface area (TPSA) is 117 Å². The van der Waals surface area contributed by atoms with Crippen molar-refractivity contribution in [1.29, 1.82) is 0 Å². The van der Waals surface area contributed by atoms with E-state index in [1.807, 2.05) is 20.8 Å². The molecule has 2 N–H and O–H groups in total. The van der Waals surface area contributed by atoms with E-state index < -0.39 is 6.04 Å². The van der Waals surface area contributed by atoms with Crippen LogP contribution < -0.4 is 10.6 Å². The predicted molar refractivity (Wildman–Crippen MR) is 140 cm³/mol. The monoisotopic (exact) mass is 519 g/mol. The highest BCUT2D eigenvalue weighted by atomic mass is 16.5. The van der Waals surface area contributed by atoms with Crippen LogP contribution in [0.15, 0.2) is 4.42 Å². The van der Waals surface area contributed by atoms with Crippen molar-refractivity contribution in [3.8, 4) is 0 Å². The number of ketones is 1. The Balaban J connectivity index is 1.69. The molecule has 0 spiro atoms. The van der Waals surface area contributed by atoms with Crippen molar-refractivity contribution >= 4 is 17.7 Å². The minimum atomic E-state index is -0.764. The van der Waals surface area contributed by atoms with E-state index in [1.54, 1.807) is 4.90 Å². The molecule has 2 saturated heterocycles. The lowest BCUT2D eigenvalue weighted by Gasteiger charge is -2.31. The molecule has 0 radical (unpaired) electrons. The molecule has 10 heteroatoms. The maximum atomic E-state index is 13.2. The zero-order chi connectivity index (χ0) is 27.2. The first-order valence-electron chi connectivity index (χ1n) is 13.6. The molecule has 3 heterocycles. The van der Waals surface area contributed by atoms with Crippen LogP contribution in [0.4, 0.5) is 4.79 Å². The highest BCUT2D eigenvalue weighted by Crippen LogP contribution is 2.31. The zero-order valence-electron chi connectivity index (χ0n) is 23.4. The summed E-state index contributed by atoms with van der Waals surface area (Å²) in [5.74, 6) is 0.413. The van der Waals surface area contributed by atoms with Gasteiger partial charge in [-0.3, -0.25) is 14.5 Å². The molecule has 2 aliphatic rings. The van der Waals surface area contributed by atoms with Crippen molar-refractivity contribution in [2.24, 2.45) is 11.3 Å². The van der Waals surface area contributed by atoms with E-state index in [4.69, 9.17) is 14.1 Å². The van der Waals surface area contributed by atoms with Crippen molar-refractivity contribution in [1.82, 2.24) is 25.4 Å². The average molecular weight is 520 g/mol. The smallest absolute Gasteiger partial charge is 0.318 e. The lowest BCUT2D eigenvalue weighted by atomic mass is 9.87. The normalized spacial score (nSPS) is 20.1. The molecule has 0 aliphatic carbocycles. The van der Waals surface area contributed by atoms with Crippen molar-refractivity contribution < 1.29 is 23.5 Å². The first-order valence-corrected chi connectivity index (χ1v) is 13.6. The predicted octanol–water partition coefficient (Wildman–Crippen LogP) is 3.18. The first kappa shape index (κ1) is 29.1. The van der Waals surface area contributed by atoms with Gasteiger partial charge in [0, 0.05) is 13.1 Å². The standard InChI is InChI=1S/C27H45N5O5/c1-18(2)15-19-23(37-25(29-19)21-9-7-8-10-31(21)6)22(33)17-28-24(34)20(16-27(3,4)5)30-26(35)32-11-13-36-14-12-32/h18,20-21H,7-17H2,1-6H3,(H,28,34)(H,30,35). The number of morpholine rings is 1. The second kappa shape index (κ2) is 12.9. The molecule has 2 aliphatic heterocycles. The molecule has 37 heavy (non-hydrogen) atoms. The third kappa shape index (κ3) is 8.53. The third-order valence-electron chi connectivity index (χ3n) is 6.78. The van der Waals surface area contributed by atoms with Gasteiger partial charge in [0.1, 0.15) is 6.04 Å². The molecule has 0 saturated carbocycles. The summed E-state index contributed by atoms with van der Waals surface area (Å²) in [6.45, 7) is 12.9. The molecule has 0 aromatic carbocycles. The number of piperidine rings is 1. The number of rotatable bonds is 9. The van der Waals surface area contributed by atoms with E-state index in [0.717, 1.165) is 25.8 Å². The van der Waals surface area contributed by atoms with E-state index in [0.29, 0.717) is 56.6 Å². The number of carbonyl (C=O) groups is 3. The number of aromatic nitrogens is 1. The number of nitrogens with one attached hydrogen (secondary N) is 2. The van der Waals surface area contributed by atoms with Gasteiger partial charge in [0.25, 0.3) is 0 Å². The Morgan fingerprint density at radius 2 is 1.81 bits per heavy atom. The number of oxazole rings is 1. The number of hydrogen-bond donors (Lipinski definition) is 2. The number of carbonyl (C=O) groups excluding carboxylic acids is 3. The highest BCUT2D eigenvalue weighted by Gasteiger charge is 2.31. The van der Waals surface area contributed by atoms with Crippen LogP contribution in [0.1, 0.15) is 88.5 Å². The summed E-state index contributed by atoms with van der Waals surface area (Å²) in [6, 6.07) is -1.00. The summed E-state index contributed by atoms with van der Waals surface area (Å²) in [6.07, 6.45) is 4.24. The number of amides is 3. The number of ether oxygens (including phenoxy) is 1. The van der Waals surface area contributed by atoms with Crippen LogP contribution in [0.5, 0.6) is 0 Å². The Morgan fingerprint density at radius 1 is 1.11 bits per heavy atom. The molecule has 2 atom stereocenters. The highest BCUT2D eigenvalue weighted by molar-refractivity contribution is 5.99. The van der Waals surface area contributed by atoms with E-state index >= 15 is 0 Å². The maximum Gasteiger partial charge on any atom is 0.318 e. The van der Waals surface area contributed by atoms with Crippen LogP contribution >= 0.6 is 0 Å². The van der Waals surface area contributed by atoms with E-state index in [-0.39, 0.29) is 41.5 Å². The lowest BCUT2D eigenvalue weighted by Crippen LogP contribution is -2.54. The van der Waals surface area contributed by atoms with Crippen molar-refractivity contribution in [3.05, 3.63) is 17.3 Å². The van der Waals surface area contributed by atoms with Crippen LogP contribution in [0, 0.1) is 11.3 Å². The largest absolute Gasteiger partial charge is 0.435 e. The quantitative estimate of drug-likeness (QED) is 0.481. The molecule has 0 bridgehead atoms. The van der Waals surface area contributed by atoms with Crippen molar-refractivity contribution in [3.63, 3.8) is 0 Å². The van der Waals surface area contributed by atoms with Crippen LogP contribution in [0.2, 0.25) is 0 Å². The minimum Gasteiger partial charge on any atom is -0.435 e. The number of hydrogen-bond acceptors (Lipinski definition) is 7. The molecular weight excluding hydrogens is 474 g/mol. The van der Waals surface area contributed by atoms with Gasteiger partial charge in [0.15, 0.2) is 5.76 Å². The number of nitrogens with zero attached hydrogens (tertiary/aromatic N) is 3. The summed E-state index contributed by atoms with van der Waals surface area (Å²) < 4.78 is 11.4. The summed E-state index contributed by atoms with van der Waals surface area (Å²) in [4.78, 5) is 47.8. The molecule has 2 unspecified atom stereocenters. The Kier molecular flexibility index (Phi) is 10.1. The van der Waals surface area contributed by atoms with Crippen LogP contribution in [0.25, 0.3) is 0 Å². The molecule has 1 aromatic heterocycles. The second-order valence-electron chi connectivity index (χ2n) is 11.9. The van der Waals surface area contributed by atoms with E-state index in [9.17, 15) is 14.4 Å². The molecule has 3 amide bonds. The molecule has 3 rings (SSSR count). The van der Waals surface area contributed by atoms with E-state index in [2.05, 4.69) is 36.4 Å². The third-order valence-corrected chi connectivity index (χ3v) is 6.78. The molecule has 1 aromatic rings. The Morgan fingerprint density at radius 3 is 2.43 bits per heavy atom. The fourth-order valence-corrected chi connectivity index (χ4v) is 4.84. The lowest BCUT2D eigenvalue weighted by molar-refractivity contribution is -0.123. The summed E-state index contributed by atoms with van der Waals surface area (Å²) in [5, 5.41) is 5.61. The van der Waals surface area contributed by atoms with Crippen molar-refractivity contribution in [2.45, 2.75) is 78.8 Å². The summed E-state index contributed by atoms with van der Waals surface area (Å²) in [7, 11) is 2.05.